The summed E-state index contributed by atoms with van der Waals surface area (Å²) in [5.74, 6) is 0.746. The van der Waals surface area contributed by atoms with E-state index in [2.05, 4.69) is 42.0 Å². The largest absolute Gasteiger partial charge is 0.332 e. The van der Waals surface area contributed by atoms with Gasteiger partial charge in [0.2, 0.25) is 0 Å². The molecule has 0 bridgehead atoms. The highest BCUT2D eigenvalue weighted by atomic mass is 79.9. The fraction of sp³-hybridized carbons (Fsp3) is 0.500. The van der Waals surface area contributed by atoms with Crippen LogP contribution in [0.5, 0.6) is 0 Å². The molecule has 19 heavy (non-hydrogen) atoms. The van der Waals surface area contributed by atoms with Crippen LogP contribution in [0.3, 0.4) is 0 Å². The maximum atomic E-state index is 13.8. The van der Waals surface area contributed by atoms with E-state index >= 15 is 0 Å². The number of nitrogens with one attached hydrogen (secondary N) is 1. The number of rotatable bonds is 1. The van der Waals surface area contributed by atoms with E-state index in [0.29, 0.717) is 10.2 Å². The quantitative estimate of drug-likeness (QED) is 0.782. The van der Waals surface area contributed by atoms with Gasteiger partial charge in [0.15, 0.2) is 5.17 Å². The first-order valence-electron chi connectivity index (χ1n) is 6.29. The minimum absolute atomic E-state index is 0.139. The van der Waals surface area contributed by atoms with Gasteiger partial charge in [-0.05, 0) is 39.9 Å². The molecule has 2 nitrogen and oxygen atoms in total. The molecule has 1 heterocycles. The lowest BCUT2D eigenvalue weighted by Crippen LogP contribution is -2.30. The van der Waals surface area contributed by atoms with E-state index in [1.165, 1.54) is 6.07 Å². The van der Waals surface area contributed by atoms with Gasteiger partial charge in [-0.2, -0.15) is 0 Å². The summed E-state index contributed by atoms with van der Waals surface area (Å²) >= 11 is 5.01. The predicted octanol–water partition coefficient (Wildman–Crippen LogP) is 4.91. The summed E-state index contributed by atoms with van der Waals surface area (Å²) in [6, 6.07) is 5.23. The molecule has 5 heteroatoms. The van der Waals surface area contributed by atoms with E-state index in [1.807, 2.05) is 6.07 Å². The van der Waals surface area contributed by atoms with Gasteiger partial charge in [-0.1, -0.05) is 38.6 Å². The van der Waals surface area contributed by atoms with Crippen LogP contribution in [0, 0.1) is 11.2 Å². The lowest BCUT2D eigenvalue weighted by Gasteiger charge is -2.31. The van der Waals surface area contributed by atoms with Crippen molar-refractivity contribution in [3.8, 4) is 0 Å². The Morgan fingerprint density at radius 2 is 2.16 bits per heavy atom. The molecule has 1 atom stereocenters. The maximum Gasteiger partial charge on any atom is 0.161 e. The first kappa shape index (κ1) is 14.9. The summed E-state index contributed by atoms with van der Waals surface area (Å²) in [5.41, 5.74) is 0.601. The Bertz CT molecular complexity index is 476. The van der Waals surface area contributed by atoms with Crippen molar-refractivity contribution in [2.45, 2.75) is 33.2 Å². The van der Waals surface area contributed by atoms with Gasteiger partial charge in [-0.15, -0.1) is 0 Å². The molecule has 104 valence electrons. The van der Waals surface area contributed by atoms with Crippen LogP contribution in [0.25, 0.3) is 0 Å². The second-order valence-electron chi connectivity index (χ2n) is 5.67. The molecule has 1 N–H and O–H groups in total. The van der Waals surface area contributed by atoms with Crippen molar-refractivity contribution in [2.75, 3.05) is 11.1 Å². The molecule has 1 aliphatic heterocycles. The van der Waals surface area contributed by atoms with E-state index < -0.39 is 0 Å². The van der Waals surface area contributed by atoms with Gasteiger partial charge in [-0.25, -0.2) is 4.39 Å². The summed E-state index contributed by atoms with van der Waals surface area (Å²) in [5, 5.41) is 3.91. The third-order valence-corrected chi connectivity index (χ3v) is 4.68. The molecule has 0 radical (unpaired) electrons. The van der Waals surface area contributed by atoms with Gasteiger partial charge in [0, 0.05) is 10.2 Å². The highest BCUT2D eigenvalue weighted by Gasteiger charge is 2.27. The first-order chi connectivity index (χ1) is 8.88. The van der Waals surface area contributed by atoms with Gasteiger partial charge in [-0.3, -0.25) is 4.99 Å². The molecule has 1 aliphatic rings. The van der Waals surface area contributed by atoms with E-state index in [1.54, 1.807) is 17.8 Å². The summed E-state index contributed by atoms with van der Waals surface area (Å²) < 4.78 is 14.5. The van der Waals surface area contributed by atoms with Gasteiger partial charge >= 0.3 is 0 Å². The Morgan fingerprint density at radius 1 is 1.42 bits per heavy atom. The Balaban J connectivity index is 2.21. The zero-order valence-corrected chi connectivity index (χ0v) is 13.7. The van der Waals surface area contributed by atoms with Crippen LogP contribution in [-0.2, 0) is 0 Å². The molecule has 2 rings (SSSR count). The van der Waals surface area contributed by atoms with E-state index in [-0.39, 0.29) is 17.3 Å². The Morgan fingerprint density at radius 3 is 2.79 bits per heavy atom. The van der Waals surface area contributed by atoms with Crippen LogP contribution in [-0.4, -0.2) is 17.0 Å². The van der Waals surface area contributed by atoms with Crippen molar-refractivity contribution < 1.29 is 4.39 Å². The average molecular weight is 345 g/mol. The number of aliphatic imine (C=N–C) groups is 1. The molecule has 1 unspecified atom stereocenters. The number of thioether (sulfide) groups is 1. The number of hydrogen-bond acceptors (Lipinski definition) is 3. The highest BCUT2D eigenvalue weighted by molar-refractivity contribution is 9.10. The number of hydrogen-bond donors (Lipinski definition) is 1. The van der Waals surface area contributed by atoms with Crippen LogP contribution in [0.15, 0.2) is 27.7 Å². The number of amidine groups is 1. The van der Waals surface area contributed by atoms with Crippen molar-refractivity contribution in [2.24, 2.45) is 10.4 Å². The third-order valence-electron chi connectivity index (χ3n) is 3.10. The topological polar surface area (TPSA) is 24.4 Å². The molecule has 0 fully saturated rings. The smallest absolute Gasteiger partial charge is 0.161 e. The lowest BCUT2D eigenvalue weighted by molar-refractivity contribution is 0.316. The number of anilines is 1. The minimum Gasteiger partial charge on any atom is -0.332 e. The van der Waals surface area contributed by atoms with Crippen LogP contribution >= 0.6 is 27.7 Å². The molecule has 0 saturated carbocycles. The Kier molecular flexibility index (Phi) is 4.56. The third kappa shape index (κ3) is 3.72. The zero-order valence-electron chi connectivity index (χ0n) is 11.3. The Hall–Kier alpha value is -0.550. The maximum absolute atomic E-state index is 13.8. The van der Waals surface area contributed by atoms with Crippen LogP contribution in [0.4, 0.5) is 10.1 Å². The molecular formula is C14H18BrFN2S. The van der Waals surface area contributed by atoms with Crippen molar-refractivity contribution >= 4 is 38.5 Å². The van der Waals surface area contributed by atoms with E-state index in [4.69, 9.17) is 4.99 Å². The molecule has 0 aromatic heterocycles. The van der Waals surface area contributed by atoms with Gasteiger partial charge in [0.05, 0.1) is 11.7 Å². The zero-order chi connectivity index (χ0) is 14.0. The van der Waals surface area contributed by atoms with Crippen LogP contribution < -0.4 is 5.32 Å². The van der Waals surface area contributed by atoms with Gasteiger partial charge in [0.1, 0.15) is 5.82 Å². The minimum atomic E-state index is -0.268. The number of halogens is 2. The summed E-state index contributed by atoms with van der Waals surface area (Å²) in [6.07, 6.45) is 1.07. The molecule has 1 aromatic carbocycles. The predicted molar refractivity (Wildman–Crippen MR) is 85.5 cm³/mol. The SMILES string of the molecule is CC(C)(C)C1CCSC(Nc2c(F)cccc2Br)=N1. The standard InChI is InChI=1S/C14H18BrFN2S/c1-14(2,3)11-7-8-19-13(17-11)18-12-9(15)5-4-6-10(12)16/h4-6,11H,7-8H2,1-3H3,(H,17,18). The second kappa shape index (κ2) is 5.83. The summed E-state index contributed by atoms with van der Waals surface area (Å²) in [4.78, 5) is 4.71. The van der Waals surface area contributed by atoms with Crippen molar-refractivity contribution in [3.05, 3.63) is 28.5 Å². The number of para-hydroxylation sites is 1. The second-order valence-corrected chi connectivity index (χ2v) is 7.61. The molecule has 0 saturated heterocycles. The van der Waals surface area contributed by atoms with Gasteiger partial charge in [0.25, 0.3) is 0 Å². The molecule has 1 aromatic rings. The summed E-state index contributed by atoms with van der Waals surface area (Å²) in [6.45, 7) is 6.56. The first-order valence-corrected chi connectivity index (χ1v) is 8.07. The molecule has 0 amide bonds. The fourth-order valence-corrected chi connectivity index (χ4v) is 3.28. The van der Waals surface area contributed by atoms with Gasteiger partial charge < -0.3 is 5.32 Å². The van der Waals surface area contributed by atoms with Crippen molar-refractivity contribution in [1.29, 1.82) is 0 Å². The molecular weight excluding hydrogens is 327 g/mol. The lowest BCUT2D eigenvalue weighted by atomic mass is 9.85. The summed E-state index contributed by atoms with van der Waals surface area (Å²) in [7, 11) is 0. The van der Waals surface area contributed by atoms with Crippen molar-refractivity contribution in [1.82, 2.24) is 0 Å². The van der Waals surface area contributed by atoms with E-state index in [0.717, 1.165) is 17.3 Å². The monoisotopic (exact) mass is 344 g/mol. The Labute approximate surface area is 126 Å². The number of benzene rings is 1. The van der Waals surface area contributed by atoms with Crippen LogP contribution in [0.1, 0.15) is 27.2 Å². The molecule has 0 aliphatic carbocycles. The van der Waals surface area contributed by atoms with Crippen LogP contribution in [0.2, 0.25) is 0 Å². The normalized spacial score (nSPS) is 20.1. The highest BCUT2D eigenvalue weighted by Crippen LogP contribution is 2.32. The number of nitrogens with zero attached hydrogens (tertiary/aromatic N) is 1. The molecule has 0 spiro atoms. The van der Waals surface area contributed by atoms with E-state index in [9.17, 15) is 4.39 Å². The average Bonchev–Trinajstić information content (AvgIpc) is 2.33. The van der Waals surface area contributed by atoms with Crippen molar-refractivity contribution in [3.63, 3.8) is 0 Å². The fourth-order valence-electron chi connectivity index (χ4n) is 1.93.